The third kappa shape index (κ3) is 3.86. The van der Waals surface area contributed by atoms with Crippen molar-refractivity contribution in [1.82, 2.24) is 0 Å². The molecule has 0 spiro atoms. The van der Waals surface area contributed by atoms with Gasteiger partial charge in [0.25, 0.3) is 0 Å². The predicted octanol–water partition coefficient (Wildman–Crippen LogP) is 4.44. The average Bonchev–Trinajstić information content (AvgIpc) is 2.82. The van der Waals surface area contributed by atoms with Crippen molar-refractivity contribution >= 4 is 35.5 Å². The smallest absolute Gasteiger partial charge is 0.463 e. The van der Waals surface area contributed by atoms with Gasteiger partial charge >= 0.3 is 7.12 Å². The van der Waals surface area contributed by atoms with Crippen LogP contribution in [-0.2, 0) is 4.76 Å². The number of nitrogens with zero attached hydrogens (tertiary/aromatic N) is 1. The summed E-state index contributed by atoms with van der Waals surface area (Å²) in [6.07, 6.45) is 3.00. The Kier molecular flexibility index (Phi) is 5.45. The van der Waals surface area contributed by atoms with Gasteiger partial charge in [-0.3, -0.25) is 4.79 Å². The summed E-state index contributed by atoms with van der Waals surface area (Å²) in [6, 6.07) is 13.5. The fourth-order valence-corrected chi connectivity index (χ4v) is 4.31. The Morgan fingerprint density at radius 2 is 1.94 bits per heavy atom. The maximum absolute atomic E-state index is 14.3. The maximum Gasteiger partial charge on any atom is 0.583 e. The molecule has 1 aliphatic heterocycles. The van der Waals surface area contributed by atoms with Gasteiger partial charge in [-0.25, -0.2) is 4.39 Å². The van der Waals surface area contributed by atoms with E-state index in [0.717, 1.165) is 16.7 Å². The summed E-state index contributed by atoms with van der Waals surface area (Å²) in [5, 5.41) is 17.7. The molecule has 0 saturated heterocycles. The molecule has 1 aliphatic rings. The second-order valence-electron chi connectivity index (χ2n) is 8.57. The van der Waals surface area contributed by atoms with E-state index in [1.165, 1.54) is 24.6 Å². The molecule has 34 heavy (non-hydrogen) atoms. The number of aryl methyl sites for hydroxylation is 2. The van der Waals surface area contributed by atoms with E-state index in [2.05, 4.69) is 10.5 Å². The van der Waals surface area contributed by atoms with Crippen molar-refractivity contribution in [3.8, 4) is 11.1 Å². The van der Waals surface area contributed by atoms with Gasteiger partial charge in [-0.1, -0.05) is 18.2 Å². The second-order valence-corrected chi connectivity index (χ2v) is 8.57. The Balaban J connectivity index is 1.57. The van der Waals surface area contributed by atoms with Crippen molar-refractivity contribution < 1.29 is 18.6 Å². The fraction of sp³-hybridized carbons (Fsp3) is 0.154. The van der Waals surface area contributed by atoms with Crippen LogP contribution in [0.2, 0.25) is 0 Å². The molecule has 5 rings (SSSR count). The molecule has 0 amide bonds. The molecule has 0 fully saturated rings. The van der Waals surface area contributed by atoms with Crippen LogP contribution in [0.4, 0.5) is 10.1 Å². The van der Waals surface area contributed by atoms with E-state index in [4.69, 9.17) is 9.17 Å². The third-order valence-electron chi connectivity index (χ3n) is 6.05. The summed E-state index contributed by atoms with van der Waals surface area (Å²) in [7, 11) is -1.13. The minimum absolute atomic E-state index is 0.0530. The Morgan fingerprint density at radius 1 is 1.12 bits per heavy atom. The Hall–Kier alpha value is -3.91. The number of halogens is 1. The first-order chi connectivity index (χ1) is 16.3. The van der Waals surface area contributed by atoms with Crippen molar-refractivity contribution in [2.45, 2.75) is 26.8 Å². The molecule has 4 aromatic rings. The number of oxime groups is 1. The monoisotopic (exact) mass is 456 g/mol. The topological polar surface area (TPSA) is 84.1 Å². The minimum atomic E-state index is -1.13. The molecule has 2 N–H and O–H groups in total. The Morgan fingerprint density at radius 3 is 2.76 bits per heavy atom. The van der Waals surface area contributed by atoms with Gasteiger partial charge in [-0.2, -0.15) is 0 Å². The molecule has 0 bridgehead atoms. The lowest BCUT2D eigenvalue weighted by Crippen LogP contribution is -2.37. The van der Waals surface area contributed by atoms with Crippen LogP contribution in [0.5, 0.6) is 0 Å². The van der Waals surface area contributed by atoms with Gasteiger partial charge in [0.15, 0.2) is 5.43 Å². The first-order valence-corrected chi connectivity index (χ1v) is 10.9. The Bertz CT molecular complexity index is 1520. The van der Waals surface area contributed by atoms with Crippen LogP contribution >= 0.6 is 0 Å². The third-order valence-corrected chi connectivity index (χ3v) is 6.05. The maximum atomic E-state index is 14.3. The minimum Gasteiger partial charge on any atom is -0.463 e. The first kappa shape index (κ1) is 21.9. The molecule has 2 heterocycles. The zero-order chi connectivity index (χ0) is 24.0. The number of fused-ring (bicyclic) bond motifs is 2. The van der Waals surface area contributed by atoms with Gasteiger partial charge in [0.2, 0.25) is 0 Å². The molecule has 0 aliphatic carbocycles. The summed E-state index contributed by atoms with van der Waals surface area (Å²) in [4.78, 5) is 12.7. The van der Waals surface area contributed by atoms with Crippen molar-refractivity contribution in [1.29, 1.82) is 0 Å². The number of nitrogens with one attached hydrogen (secondary N) is 1. The van der Waals surface area contributed by atoms with E-state index < -0.39 is 7.12 Å². The van der Waals surface area contributed by atoms with Gasteiger partial charge in [-0.05, 0) is 67.8 Å². The fourth-order valence-electron chi connectivity index (χ4n) is 4.31. The van der Waals surface area contributed by atoms with Crippen molar-refractivity contribution in [3.63, 3.8) is 0 Å². The molecule has 1 atom stereocenters. The lowest BCUT2D eigenvalue weighted by Gasteiger charge is -2.21. The molecule has 1 aromatic heterocycles. The molecular formula is C26H22BFN2O4. The molecule has 0 radical (unpaired) electrons. The van der Waals surface area contributed by atoms with Crippen LogP contribution in [-0.4, -0.2) is 18.4 Å². The van der Waals surface area contributed by atoms with Crippen molar-refractivity contribution in [2.75, 3.05) is 5.32 Å². The Labute approximate surface area is 195 Å². The second kappa shape index (κ2) is 8.46. The highest BCUT2D eigenvalue weighted by molar-refractivity contribution is 6.62. The molecule has 170 valence electrons. The van der Waals surface area contributed by atoms with E-state index in [-0.39, 0.29) is 17.3 Å². The molecular weight excluding hydrogens is 434 g/mol. The summed E-state index contributed by atoms with van der Waals surface area (Å²) in [5.74, 6) is -0.370. The number of benzene rings is 3. The van der Waals surface area contributed by atoms with Gasteiger partial charge in [-0.15, -0.1) is 5.16 Å². The number of hydrogen-bond acceptors (Lipinski definition) is 6. The van der Waals surface area contributed by atoms with E-state index in [1.807, 2.05) is 32.0 Å². The molecule has 8 heteroatoms. The van der Waals surface area contributed by atoms with E-state index in [0.29, 0.717) is 38.8 Å². The highest BCUT2D eigenvalue weighted by Crippen LogP contribution is 2.34. The highest BCUT2D eigenvalue weighted by Gasteiger charge is 2.25. The first-order valence-electron chi connectivity index (χ1n) is 10.9. The largest absolute Gasteiger partial charge is 0.583 e. The van der Waals surface area contributed by atoms with Crippen LogP contribution in [0.25, 0.3) is 22.1 Å². The van der Waals surface area contributed by atoms with Crippen LogP contribution in [0.3, 0.4) is 0 Å². The number of rotatable bonds is 4. The van der Waals surface area contributed by atoms with E-state index in [1.54, 1.807) is 25.1 Å². The highest BCUT2D eigenvalue weighted by atomic mass is 19.1. The summed E-state index contributed by atoms with van der Waals surface area (Å²) in [5.41, 5.74) is 6.22. The lowest BCUT2D eigenvalue weighted by molar-refractivity contribution is 0.286. The van der Waals surface area contributed by atoms with Crippen LogP contribution in [0, 0.1) is 19.7 Å². The van der Waals surface area contributed by atoms with Gasteiger partial charge in [0, 0.05) is 27.8 Å². The lowest BCUT2D eigenvalue weighted by atomic mass is 9.75. The quantitative estimate of drug-likeness (QED) is 0.444. The normalized spacial score (nSPS) is 13.5. The molecule has 1 unspecified atom stereocenters. The van der Waals surface area contributed by atoms with Crippen LogP contribution in [0.1, 0.15) is 35.2 Å². The van der Waals surface area contributed by atoms with E-state index >= 15 is 0 Å². The zero-order valence-electron chi connectivity index (χ0n) is 18.9. The SMILES string of the molecule is Cc1cc(C(C)Nc2ccc(F)cc2-c2ccc3c(c2)C=NOB3O)c2occ(C)c(=O)c2c1. The van der Waals surface area contributed by atoms with Gasteiger partial charge in [0.1, 0.15) is 11.4 Å². The molecule has 3 aromatic carbocycles. The number of hydrogen-bond donors (Lipinski definition) is 2. The molecule has 6 nitrogen and oxygen atoms in total. The predicted molar refractivity (Wildman–Crippen MR) is 132 cm³/mol. The van der Waals surface area contributed by atoms with Gasteiger partial charge in [0.05, 0.1) is 23.9 Å². The van der Waals surface area contributed by atoms with Crippen LogP contribution < -0.4 is 16.2 Å². The van der Waals surface area contributed by atoms with Gasteiger partial charge < -0.3 is 19.5 Å². The van der Waals surface area contributed by atoms with Crippen molar-refractivity contribution in [3.05, 3.63) is 93.1 Å². The van der Waals surface area contributed by atoms with Crippen molar-refractivity contribution in [2.24, 2.45) is 5.16 Å². The van der Waals surface area contributed by atoms with E-state index in [9.17, 15) is 14.2 Å². The summed E-state index contributed by atoms with van der Waals surface area (Å²) < 4.78 is 25.0. The summed E-state index contributed by atoms with van der Waals surface area (Å²) >= 11 is 0. The molecule has 0 saturated carbocycles. The standard InChI is InChI=1S/C26H22BFN2O4/c1-14-8-20(26-22(9-14)25(31)15(2)13-33-26)16(3)30-24-7-5-19(28)11-21(24)17-4-6-23-18(10-17)12-29-34-27(23)32/h4-13,16,30,32H,1-3H3. The summed E-state index contributed by atoms with van der Waals surface area (Å²) in [6.45, 7) is 5.64. The van der Waals surface area contributed by atoms with Crippen LogP contribution in [0.15, 0.2) is 69.2 Å². The zero-order valence-corrected chi connectivity index (χ0v) is 18.9. The average molecular weight is 456 g/mol. The number of anilines is 1.